The predicted octanol–water partition coefficient (Wildman–Crippen LogP) is 3.60. The molecule has 23 heavy (non-hydrogen) atoms. The summed E-state index contributed by atoms with van der Waals surface area (Å²) in [5, 5.41) is 3.29. The van der Waals surface area contributed by atoms with Crippen molar-refractivity contribution in [3.05, 3.63) is 60.2 Å². The number of halogens is 1. The van der Waals surface area contributed by atoms with Crippen LogP contribution in [0.1, 0.15) is 23.2 Å². The number of carbonyl (C=O) groups excluding carboxylic acids is 1. The molecule has 3 nitrogen and oxygen atoms in total. The van der Waals surface area contributed by atoms with Gasteiger partial charge >= 0.3 is 0 Å². The number of piperidine rings is 1. The van der Waals surface area contributed by atoms with E-state index in [-0.39, 0.29) is 18.3 Å². The molecule has 1 N–H and O–H groups in total. The summed E-state index contributed by atoms with van der Waals surface area (Å²) in [5.41, 5.74) is 3.10. The van der Waals surface area contributed by atoms with Crippen LogP contribution < -0.4 is 5.32 Å². The summed E-state index contributed by atoms with van der Waals surface area (Å²) in [6.45, 7) is 1.68. The standard InChI is InChI=1S/C19H22N2O.ClH/c1-20-18-11-13-21(14-12-18)19(22)17-9-7-16(8-10-17)15-5-3-2-4-6-15;/h2-10,18,20H,11-14H2,1H3;1H. The number of hydrogen-bond donors (Lipinski definition) is 1. The normalized spacial score (nSPS) is 15.1. The molecule has 0 radical (unpaired) electrons. The van der Waals surface area contributed by atoms with Crippen molar-refractivity contribution in [3.8, 4) is 11.1 Å². The van der Waals surface area contributed by atoms with Gasteiger partial charge in [0.1, 0.15) is 0 Å². The molecule has 0 aromatic heterocycles. The first-order chi connectivity index (χ1) is 10.8. The van der Waals surface area contributed by atoms with Gasteiger partial charge in [-0.25, -0.2) is 0 Å². The minimum atomic E-state index is 0. The molecule has 122 valence electrons. The van der Waals surface area contributed by atoms with Crippen LogP contribution in [0, 0.1) is 0 Å². The van der Waals surface area contributed by atoms with Crippen molar-refractivity contribution >= 4 is 18.3 Å². The van der Waals surface area contributed by atoms with Crippen molar-refractivity contribution in [1.82, 2.24) is 10.2 Å². The third-order valence-electron chi connectivity index (χ3n) is 4.43. The Bertz CT molecular complexity index is 620. The fraction of sp³-hybridized carbons (Fsp3) is 0.316. The molecule has 4 heteroatoms. The van der Waals surface area contributed by atoms with Crippen LogP contribution in [0.5, 0.6) is 0 Å². The van der Waals surface area contributed by atoms with Crippen LogP contribution in [0.15, 0.2) is 54.6 Å². The zero-order valence-corrected chi connectivity index (χ0v) is 14.2. The molecular weight excluding hydrogens is 308 g/mol. The molecule has 1 amide bonds. The highest BCUT2D eigenvalue weighted by Gasteiger charge is 2.22. The lowest BCUT2D eigenvalue weighted by atomic mass is 10.0. The van der Waals surface area contributed by atoms with Crippen molar-refractivity contribution in [3.63, 3.8) is 0 Å². The Morgan fingerprint density at radius 2 is 1.52 bits per heavy atom. The summed E-state index contributed by atoms with van der Waals surface area (Å²) in [6.07, 6.45) is 2.06. The fourth-order valence-corrected chi connectivity index (χ4v) is 2.99. The summed E-state index contributed by atoms with van der Waals surface area (Å²) in [6, 6.07) is 18.7. The topological polar surface area (TPSA) is 32.3 Å². The SMILES string of the molecule is CNC1CCN(C(=O)c2ccc(-c3ccccc3)cc2)CC1.Cl. The third kappa shape index (κ3) is 4.12. The average molecular weight is 331 g/mol. The Labute approximate surface area is 144 Å². The quantitative estimate of drug-likeness (QED) is 0.932. The monoisotopic (exact) mass is 330 g/mol. The van der Waals surface area contributed by atoms with Gasteiger partial charge in [-0.2, -0.15) is 0 Å². The Balaban J connectivity index is 0.00000192. The predicted molar refractivity (Wildman–Crippen MR) is 97.1 cm³/mol. The summed E-state index contributed by atoms with van der Waals surface area (Å²) in [7, 11) is 1.99. The summed E-state index contributed by atoms with van der Waals surface area (Å²) >= 11 is 0. The van der Waals surface area contributed by atoms with Crippen LogP contribution in [-0.2, 0) is 0 Å². The number of rotatable bonds is 3. The number of nitrogens with one attached hydrogen (secondary N) is 1. The van der Waals surface area contributed by atoms with Crippen molar-refractivity contribution < 1.29 is 4.79 Å². The van der Waals surface area contributed by atoms with Gasteiger partial charge in [0.2, 0.25) is 0 Å². The maximum atomic E-state index is 12.5. The molecule has 1 aliphatic rings. The zero-order valence-electron chi connectivity index (χ0n) is 13.4. The molecule has 0 spiro atoms. The molecule has 2 aromatic carbocycles. The van der Waals surface area contributed by atoms with Crippen LogP contribution in [0.4, 0.5) is 0 Å². The molecular formula is C19H23ClN2O. The number of carbonyl (C=O) groups is 1. The van der Waals surface area contributed by atoms with Gasteiger partial charge < -0.3 is 10.2 Å². The van der Waals surface area contributed by atoms with Crippen molar-refractivity contribution in [2.45, 2.75) is 18.9 Å². The van der Waals surface area contributed by atoms with Gasteiger partial charge in [0.25, 0.3) is 5.91 Å². The van der Waals surface area contributed by atoms with E-state index in [1.165, 1.54) is 5.56 Å². The van der Waals surface area contributed by atoms with E-state index in [0.717, 1.165) is 37.1 Å². The largest absolute Gasteiger partial charge is 0.339 e. The highest BCUT2D eigenvalue weighted by molar-refractivity contribution is 5.94. The van der Waals surface area contributed by atoms with Gasteiger partial charge in [0.15, 0.2) is 0 Å². The summed E-state index contributed by atoms with van der Waals surface area (Å²) < 4.78 is 0. The average Bonchev–Trinajstić information content (AvgIpc) is 2.62. The third-order valence-corrected chi connectivity index (χ3v) is 4.43. The van der Waals surface area contributed by atoms with E-state index in [1.54, 1.807) is 0 Å². The Kier molecular flexibility index (Phi) is 6.20. The second-order valence-corrected chi connectivity index (χ2v) is 5.80. The van der Waals surface area contributed by atoms with Gasteiger partial charge in [-0.1, -0.05) is 42.5 Å². The van der Waals surface area contributed by atoms with Gasteiger partial charge in [0, 0.05) is 24.7 Å². The van der Waals surface area contributed by atoms with E-state index < -0.39 is 0 Å². The molecule has 0 saturated carbocycles. The smallest absolute Gasteiger partial charge is 0.253 e. The van der Waals surface area contributed by atoms with Crippen molar-refractivity contribution in [1.29, 1.82) is 0 Å². The highest BCUT2D eigenvalue weighted by Crippen LogP contribution is 2.20. The van der Waals surface area contributed by atoms with Crippen molar-refractivity contribution in [2.24, 2.45) is 0 Å². The number of likely N-dealkylation sites (tertiary alicyclic amines) is 1. The molecule has 0 aliphatic carbocycles. The Morgan fingerprint density at radius 1 is 0.957 bits per heavy atom. The molecule has 0 atom stereocenters. The van der Waals surface area contributed by atoms with Crippen LogP contribution in [0.25, 0.3) is 11.1 Å². The first-order valence-electron chi connectivity index (χ1n) is 7.90. The maximum Gasteiger partial charge on any atom is 0.253 e. The number of amides is 1. The highest BCUT2D eigenvalue weighted by atomic mass is 35.5. The lowest BCUT2D eigenvalue weighted by molar-refractivity contribution is 0.0707. The number of benzene rings is 2. The van der Waals surface area contributed by atoms with Gasteiger partial charge in [-0.05, 0) is 43.1 Å². The minimum absolute atomic E-state index is 0. The van der Waals surface area contributed by atoms with Crippen LogP contribution >= 0.6 is 12.4 Å². The maximum absolute atomic E-state index is 12.5. The summed E-state index contributed by atoms with van der Waals surface area (Å²) in [5.74, 6) is 0.147. The van der Waals surface area contributed by atoms with E-state index in [2.05, 4.69) is 17.4 Å². The number of nitrogens with zero attached hydrogens (tertiary/aromatic N) is 1. The zero-order chi connectivity index (χ0) is 15.4. The minimum Gasteiger partial charge on any atom is -0.339 e. The number of hydrogen-bond acceptors (Lipinski definition) is 2. The first-order valence-corrected chi connectivity index (χ1v) is 7.90. The second-order valence-electron chi connectivity index (χ2n) is 5.80. The fourth-order valence-electron chi connectivity index (χ4n) is 2.99. The van der Waals surface area contributed by atoms with Crippen molar-refractivity contribution in [2.75, 3.05) is 20.1 Å². The summed E-state index contributed by atoms with van der Waals surface area (Å²) in [4.78, 5) is 14.5. The van der Waals surface area contributed by atoms with Gasteiger partial charge in [-0.15, -0.1) is 12.4 Å². The second kappa shape index (κ2) is 8.14. The molecule has 1 aliphatic heterocycles. The first kappa shape index (κ1) is 17.5. The van der Waals surface area contributed by atoms with Crippen LogP contribution in [0.2, 0.25) is 0 Å². The molecule has 0 unspecified atom stereocenters. The van der Waals surface area contributed by atoms with E-state index in [4.69, 9.17) is 0 Å². The van der Waals surface area contributed by atoms with Crippen LogP contribution in [-0.4, -0.2) is 37.0 Å². The van der Waals surface area contributed by atoms with E-state index in [9.17, 15) is 4.79 Å². The molecule has 1 saturated heterocycles. The Morgan fingerprint density at radius 3 is 2.09 bits per heavy atom. The van der Waals surface area contributed by atoms with Crippen LogP contribution in [0.3, 0.4) is 0 Å². The van der Waals surface area contributed by atoms with Gasteiger partial charge in [-0.3, -0.25) is 4.79 Å². The lowest BCUT2D eigenvalue weighted by Gasteiger charge is -2.31. The molecule has 0 bridgehead atoms. The van der Waals surface area contributed by atoms with E-state index >= 15 is 0 Å². The molecule has 1 heterocycles. The molecule has 2 aromatic rings. The lowest BCUT2D eigenvalue weighted by Crippen LogP contribution is -2.43. The van der Waals surface area contributed by atoms with Gasteiger partial charge in [0.05, 0.1) is 0 Å². The molecule has 1 fully saturated rings. The molecule has 3 rings (SSSR count). The van der Waals surface area contributed by atoms with E-state index in [0.29, 0.717) is 6.04 Å². The Hall–Kier alpha value is -1.84. The van der Waals surface area contributed by atoms with E-state index in [1.807, 2.05) is 54.4 Å².